The number of hydrogen-bond acceptors (Lipinski definition) is 4. The molecular weight excluding hydrogens is 300 g/mol. The van der Waals surface area contributed by atoms with Crippen LogP contribution in [0.1, 0.15) is 27.2 Å². The highest BCUT2D eigenvalue weighted by Crippen LogP contribution is 2.18. The van der Waals surface area contributed by atoms with E-state index < -0.39 is 0 Å². The van der Waals surface area contributed by atoms with Crippen LogP contribution in [0.3, 0.4) is 0 Å². The number of nitrogens with zero attached hydrogens (tertiary/aromatic N) is 5. The van der Waals surface area contributed by atoms with Crippen LogP contribution < -0.4 is 5.32 Å². The standard InChI is InChI=1S/C18H36N6/c1-4-19-18(24-8-7-16(15-24)22(5-2)6-3)20-13-17-14-21-9-11-23(17)12-10-21/h16-17H,4-15H2,1-3H3,(H,19,20). The Balaban J connectivity index is 1.58. The van der Waals surface area contributed by atoms with Crippen molar-refractivity contribution < 1.29 is 0 Å². The topological polar surface area (TPSA) is 37.4 Å². The van der Waals surface area contributed by atoms with E-state index in [-0.39, 0.29) is 0 Å². The zero-order valence-corrected chi connectivity index (χ0v) is 15.9. The SMILES string of the molecule is CCNC(=NCC1CN2CCN1CC2)N1CCC(N(CC)CC)C1. The van der Waals surface area contributed by atoms with E-state index >= 15 is 0 Å². The van der Waals surface area contributed by atoms with Gasteiger partial charge in [-0.15, -0.1) is 0 Å². The fraction of sp³-hybridized carbons (Fsp3) is 0.944. The van der Waals surface area contributed by atoms with Gasteiger partial charge < -0.3 is 10.2 Å². The van der Waals surface area contributed by atoms with E-state index in [0.717, 1.165) is 45.2 Å². The van der Waals surface area contributed by atoms with Gasteiger partial charge in [-0.2, -0.15) is 0 Å². The Morgan fingerprint density at radius 1 is 1.04 bits per heavy atom. The van der Waals surface area contributed by atoms with Gasteiger partial charge in [-0.1, -0.05) is 13.8 Å². The Hall–Kier alpha value is -0.850. The molecule has 0 aliphatic carbocycles. The number of hydrogen-bond donors (Lipinski definition) is 1. The van der Waals surface area contributed by atoms with E-state index in [9.17, 15) is 0 Å². The van der Waals surface area contributed by atoms with E-state index in [1.165, 1.54) is 39.1 Å². The highest BCUT2D eigenvalue weighted by Gasteiger charge is 2.32. The molecule has 0 spiro atoms. The zero-order chi connectivity index (χ0) is 16.9. The smallest absolute Gasteiger partial charge is 0.194 e. The van der Waals surface area contributed by atoms with E-state index in [2.05, 4.69) is 45.7 Å². The van der Waals surface area contributed by atoms with Crippen molar-refractivity contribution in [3.05, 3.63) is 0 Å². The molecule has 0 radical (unpaired) electrons. The first-order chi connectivity index (χ1) is 11.7. The molecule has 6 nitrogen and oxygen atoms in total. The second-order valence-electron chi connectivity index (χ2n) is 7.29. The molecule has 24 heavy (non-hydrogen) atoms. The first-order valence-corrected chi connectivity index (χ1v) is 9.98. The van der Waals surface area contributed by atoms with E-state index in [1.807, 2.05) is 0 Å². The molecule has 0 saturated carbocycles. The summed E-state index contributed by atoms with van der Waals surface area (Å²) >= 11 is 0. The molecule has 0 aromatic carbocycles. The van der Waals surface area contributed by atoms with Gasteiger partial charge in [-0.3, -0.25) is 19.7 Å². The van der Waals surface area contributed by atoms with Crippen LogP contribution in [0.2, 0.25) is 0 Å². The van der Waals surface area contributed by atoms with Crippen LogP contribution in [0.5, 0.6) is 0 Å². The fourth-order valence-electron chi connectivity index (χ4n) is 4.49. The van der Waals surface area contributed by atoms with Gasteiger partial charge in [0.05, 0.1) is 6.54 Å². The maximum atomic E-state index is 5.03. The third-order valence-electron chi connectivity index (χ3n) is 5.97. The largest absolute Gasteiger partial charge is 0.357 e. The second-order valence-corrected chi connectivity index (χ2v) is 7.29. The Kier molecular flexibility index (Phi) is 6.36. The molecule has 0 amide bonds. The molecule has 6 heteroatoms. The van der Waals surface area contributed by atoms with Crippen molar-refractivity contribution in [2.45, 2.75) is 39.3 Å². The number of aliphatic imine (C=N–C) groups is 1. The van der Waals surface area contributed by atoms with Crippen LogP contribution in [0.25, 0.3) is 0 Å². The normalized spacial score (nSPS) is 33.5. The van der Waals surface area contributed by atoms with Crippen LogP contribution in [-0.4, -0.2) is 110 Å². The molecule has 4 aliphatic rings. The fourth-order valence-corrected chi connectivity index (χ4v) is 4.49. The number of piperazine rings is 3. The molecule has 4 aliphatic heterocycles. The van der Waals surface area contributed by atoms with Gasteiger partial charge in [0.2, 0.25) is 0 Å². The molecule has 2 unspecified atom stereocenters. The van der Waals surface area contributed by atoms with Crippen LogP contribution in [-0.2, 0) is 0 Å². The predicted molar refractivity (Wildman–Crippen MR) is 101 cm³/mol. The van der Waals surface area contributed by atoms with Crippen molar-refractivity contribution in [1.29, 1.82) is 0 Å². The Labute approximate surface area is 147 Å². The first kappa shape index (κ1) is 18.0. The highest BCUT2D eigenvalue weighted by atomic mass is 15.4. The summed E-state index contributed by atoms with van der Waals surface area (Å²) < 4.78 is 0. The summed E-state index contributed by atoms with van der Waals surface area (Å²) in [7, 11) is 0. The molecule has 2 atom stereocenters. The Morgan fingerprint density at radius 2 is 1.79 bits per heavy atom. The number of likely N-dealkylation sites (N-methyl/N-ethyl adjacent to an activating group) is 1. The number of guanidine groups is 1. The van der Waals surface area contributed by atoms with Gasteiger partial charge in [0, 0.05) is 64.4 Å². The molecule has 0 aromatic rings. The second kappa shape index (κ2) is 8.50. The molecule has 4 fully saturated rings. The summed E-state index contributed by atoms with van der Waals surface area (Å²) in [6.45, 7) is 19.3. The van der Waals surface area contributed by atoms with E-state index in [1.54, 1.807) is 0 Å². The molecule has 4 heterocycles. The van der Waals surface area contributed by atoms with Crippen molar-refractivity contribution in [2.75, 3.05) is 72.0 Å². The molecule has 4 saturated heterocycles. The van der Waals surface area contributed by atoms with E-state index in [4.69, 9.17) is 4.99 Å². The number of rotatable bonds is 6. The van der Waals surface area contributed by atoms with Gasteiger partial charge in [-0.25, -0.2) is 0 Å². The molecule has 4 rings (SSSR count). The quantitative estimate of drug-likeness (QED) is 0.560. The summed E-state index contributed by atoms with van der Waals surface area (Å²) in [6.07, 6.45) is 1.26. The minimum absolute atomic E-state index is 0.613. The average Bonchev–Trinajstić information content (AvgIpc) is 3.10. The van der Waals surface area contributed by atoms with Gasteiger partial charge in [-0.05, 0) is 26.4 Å². The Morgan fingerprint density at radius 3 is 2.38 bits per heavy atom. The predicted octanol–water partition coefficient (Wildman–Crippen LogP) is 0.368. The molecule has 138 valence electrons. The highest BCUT2D eigenvalue weighted by molar-refractivity contribution is 5.80. The van der Waals surface area contributed by atoms with Crippen LogP contribution in [0.4, 0.5) is 0 Å². The minimum Gasteiger partial charge on any atom is -0.357 e. The third-order valence-corrected chi connectivity index (χ3v) is 5.97. The van der Waals surface area contributed by atoms with E-state index in [0.29, 0.717) is 12.1 Å². The van der Waals surface area contributed by atoms with Crippen molar-refractivity contribution in [1.82, 2.24) is 24.9 Å². The van der Waals surface area contributed by atoms with Crippen molar-refractivity contribution in [3.8, 4) is 0 Å². The van der Waals surface area contributed by atoms with Gasteiger partial charge in [0.1, 0.15) is 0 Å². The minimum atomic E-state index is 0.613. The van der Waals surface area contributed by atoms with Gasteiger partial charge in [0.15, 0.2) is 5.96 Å². The summed E-state index contributed by atoms with van der Waals surface area (Å²) in [5.74, 6) is 1.13. The molecule has 2 bridgehead atoms. The molecular formula is C18H36N6. The lowest BCUT2D eigenvalue weighted by atomic mass is 10.1. The van der Waals surface area contributed by atoms with Crippen LogP contribution >= 0.6 is 0 Å². The van der Waals surface area contributed by atoms with Gasteiger partial charge >= 0.3 is 0 Å². The maximum Gasteiger partial charge on any atom is 0.194 e. The Bertz CT molecular complexity index is 414. The van der Waals surface area contributed by atoms with Crippen molar-refractivity contribution in [2.24, 2.45) is 4.99 Å². The lowest BCUT2D eigenvalue weighted by Gasteiger charge is -2.47. The lowest BCUT2D eigenvalue weighted by Crippen LogP contribution is -2.62. The summed E-state index contributed by atoms with van der Waals surface area (Å²) in [6, 6.07) is 1.30. The molecule has 1 N–H and O–H groups in total. The summed E-state index contributed by atoms with van der Waals surface area (Å²) in [5, 5.41) is 3.53. The number of fused-ring (bicyclic) bond motifs is 3. The van der Waals surface area contributed by atoms with Crippen molar-refractivity contribution in [3.63, 3.8) is 0 Å². The maximum absolute atomic E-state index is 5.03. The first-order valence-electron chi connectivity index (χ1n) is 9.98. The number of likely N-dealkylation sites (tertiary alicyclic amines) is 1. The summed E-state index contributed by atoms with van der Waals surface area (Å²) in [5.41, 5.74) is 0. The lowest BCUT2D eigenvalue weighted by molar-refractivity contribution is 0.0173. The molecule has 0 aromatic heterocycles. The monoisotopic (exact) mass is 336 g/mol. The van der Waals surface area contributed by atoms with Crippen LogP contribution in [0.15, 0.2) is 4.99 Å². The van der Waals surface area contributed by atoms with Gasteiger partial charge in [0.25, 0.3) is 0 Å². The number of nitrogens with one attached hydrogen (secondary N) is 1. The van der Waals surface area contributed by atoms with Crippen molar-refractivity contribution >= 4 is 5.96 Å². The zero-order valence-electron chi connectivity index (χ0n) is 15.9. The third kappa shape index (κ3) is 4.03. The average molecular weight is 337 g/mol. The van der Waals surface area contributed by atoms with Crippen LogP contribution in [0, 0.1) is 0 Å². The summed E-state index contributed by atoms with van der Waals surface area (Å²) in [4.78, 5) is 15.3.